The van der Waals surface area contributed by atoms with Crippen molar-refractivity contribution >= 4 is 5.78 Å². The maximum absolute atomic E-state index is 11.5. The van der Waals surface area contributed by atoms with E-state index in [2.05, 4.69) is 0 Å². The van der Waals surface area contributed by atoms with Crippen molar-refractivity contribution in [3.63, 3.8) is 0 Å². The summed E-state index contributed by atoms with van der Waals surface area (Å²) in [5.41, 5.74) is 0. The second-order valence-corrected chi connectivity index (χ2v) is 3.57. The molecule has 0 bridgehead atoms. The SMILES string of the molecule is C/C=C/OCC1CCCCCC1=O. The molecule has 1 aliphatic rings. The van der Waals surface area contributed by atoms with Crippen LogP contribution in [0.15, 0.2) is 12.3 Å². The number of rotatable bonds is 3. The highest BCUT2D eigenvalue weighted by Crippen LogP contribution is 2.20. The van der Waals surface area contributed by atoms with E-state index in [1.165, 1.54) is 12.8 Å². The minimum absolute atomic E-state index is 0.152. The van der Waals surface area contributed by atoms with Gasteiger partial charge in [-0.05, 0) is 19.8 Å². The molecule has 0 aromatic heterocycles. The third-order valence-corrected chi connectivity index (χ3v) is 2.46. The van der Waals surface area contributed by atoms with E-state index in [0.717, 1.165) is 19.3 Å². The van der Waals surface area contributed by atoms with Crippen molar-refractivity contribution in [2.24, 2.45) is 5.92 Å². The molecule has 0 N–H and O–H groups in total. The zero-order valence-electron chi connectivity index (χ0n) is 8.29. The molecule has 0 aliphatic heterocycles. The molecule has 1 saturated carbocycles. The van der Waals surface area contributed by atoms with Crippen molar-refractivity contribution < 1.29 is 9.53 Å². The first kappa shape index (κ1) is 10.3. The molecule has 1 atom stereocenters. The number of ether oxygens (including phenoxy) is 1. The van der Waals surface area contributed by atoms with Crippen LogP contribution in [-0.4, -0.2) is 12.4 Å². The third-order valence-electron chi connectivity index (χ3n) is 2.46. The largest absolute Gasteiger partial charge is 0.501 e. The Kier molecular flexibility index (Phi) is 4.58. The van der Waals surface area contributed by atoms with E-state index in [1.54, 1.807) is 6.26 Å². The van der Waals surface area contributed by atoms with Crippen LogP contribution in [-0.2, 0) is 9.53 Å². The first-order chi connectivity index (χ1) is 6.34. The lowest BCUT2D eigenvalue weighted by molar-refractivity contribution is -0.123. The van der Waals surface area contributed by atoms with E-state index in [1.807, 2.05) is 13.0 Å². The van der Waals surface area contributed by atoms with Gasteiger partial charge in [0.2, 0.25) is 0 Å². The first-order valence-electron chi connectivity index (χ1n) is 5.10. The minimum Gasteiger partial charge on any atom is -0.501 e. The van der Waals surface area contributed by atoms with Gasteiger partial charge in [0.05, 0.1) is 18.8 Å². The lowest BCUT2D eigenvalue weighted by Gasteiger charge is -2.11. The molecular weight excluding hydrogens is 164 g/mol. The van der Waals surface area contributed by atoms with Crippen LogP contribution in [0.2, 0.25) is 0 Å². The summed E-state index contributed by atoms with van der Waals surface area (Å²) in [6.45, 7) is 2.48. The lowest BCUT2D eigenvalue weighted by atomic mass is 10.0. The summed E-state index contributed by atoms with van der Waals surface area (Å²) in [6.07, 6.45) is 8.72. The lowest BCUT2D eigenvalue weighted by Crippen LogP contribution is -2.17. The number of allylic oxidation sites excluding steroid dienone is 1. The molecule has 1 unspecified atom stereocenters. The Morgan fingerprint density at radius 1 is 1.46 bits per heavy atom. The van der Waals surface area contributed by atoms with Gasteiger partial charge in [-0.25, -0.2) is 0 Å². The van der Waals surface area contributed by atoms with Crippen LogP contribution in [0.3, 0.4) is 0 Å². The molecule has 1 rings (SSSR count). The molecule has 0 saturated heterocycles. The average molecular weight is 182 g/mol. The van der Waals surface area contributed by atoms with Crippen molar-refractivity contribution in [3.8, 4) is 0 Å². The van der Waals surface area contributed by atoms with Crippen molar-refractivity contribution in [2.45, 2.75) is 39.0 Å². The highest BCUT2D eigenvalue weighted by Gasteiger charge is 2.20. The van der Waals surface area contributed by atoms with Gasteiger partial charge in [0.15, 0.2) is 0 Å². The van der Waals surface area contributed by atoms with Crippen LogP contribution in [0.25, 0.3) is 0 Å². The zero-order chi connectivity index (χ0) is 9.52. The quantitative estimate of drug-likeness (QED) is 0.495. The summed E-state index contributed by atoms with van der Waals surface area (Å²) in [5, 5.41) is 0. The van der Waals surface area contributed by atoms with E-state index >= 15 is 0 Å². The topological polar surface area (TPSA) is 26.3 Å². The van der Waals surface area contributed by atoms with Crippen LogP contribution in [0, 0.1) is 5.92 Å². The van der Waals surface area contributed by atoms with Crippen molar-refractivity contribution in [1.29, 1.82) is 0 Å². The normalized spacial score (nSPS) is 24.7. The Balaban J connectivity index is 2.32. The van der Waals surface area contributed by atoms with Gasteiger partial charge in [-0.1, -0.05) is 18.9 Å². The maximum Gasteiger partial charge on any atom is 0.139 e. The molecule has 1 aliphatic carbocycles. The van der Waals surface area contributed by atoms with Gasteiger partial charge in [-0.2, -0.15) is 0 Å². The maximum atomic E-state index is 11.5. The predicted octanol–water partition coefficient (Wildman–Crippen LogP) is 2.69. The Hall–Kier alpha value is -0.790. The highest BCUT2D eigenvalue weighted by molar-refractivity contribution is 5.81. The fourth-order valence-electron chi connectivity index (χ4n) is 1.68. The Bertz CT molecular complexity index is 185. The van der Waals surface area contributed by atoms with Gasteiger partial charge >= 0.3 is 0 Å². The van der Waals surface area contributed by atoms with Gasteiger partial charge in [-0.15, -0.1) is 0 Å². The fraction of sp³-hybridized carbons (Fsp3) is 0.727. The molecule has 0 aromatic rings. The number of ketones is 1. The summed E-state index contributed by atoms with van der Waals surface area (Å²) >= 11 is 0. The van der Waals surface area contributed by atoms with Gasteiger partial charge < -0.3 is 4.74 Å². The summed E-state index contributed by atoms with van der Waals surface area (Å²) in [7, 11) is 0. The molecule has 13 heavy (non-hydrogen) atoms. The first-order valence-corrected chi connectivity index (χ1v) is 5.10. The second kappa shape index (κ2) is 5.79. The van der Waals surface area contributed by atoms with Crippen molar-refractivity contribution in [1.82, 2.24) is 0 Å². The van der Waals surface area contributed by atoms with Crippen molar-refractivity contribution in [2.75, 3.05) is 6.61 Å². The van der Waals surface area contributed by atoms with Crippen LogP contribution in [0.5, 0.6) is 0 Å². The standard InChI is InChI=1S/C11H18O2/c1-2-8-13-9-10-6-4-3-5-7-11(10)12/h2,8,10H,3-7,9H2,1H3/b8-2+. The van der Waals surface area contributed by atoms with Gasteiger partial charge in [0, 0.05) is 6.42 Å². The molecule has 0 aromatic carbocycles. The molecule has 0 amide bonds. The minimum atomic E-state index is 0.152. The fourth-order valence-corrected chi connectivity index (χ4v) is 1.68. The van der Waals surface area contributed by atoms with Crippen LogP contribution < -0.4 is 0 Å². The van der Waals surface area contributed by atoms with E-state index in [9.17, 15) is 4.79 Å². The summed E-state index contributed by atoms with van der Waals surface area (Å²) in [6, 6.07) is 0. The van der Waals surface area contributed by atoms with Gasteiger partial charge in [0.1, 0.15) is 5.78 Å². The number of hydrogen-bond acceptors (Lipinski definition) is 2. The summed E-state index contributed by atoms with van der Waals surface area (Å²) < 4.78 is 5.25. The number of hydrogen-bond donors (Lipinski definition) is 0. The zero-order valence-corrected chi connectivity index (χ0v) is 8.29. The molecule has 0 radical (unpaired) electrons. The van der Waals surface area contributed by atoms with E-state index in [-0.39, 0.29) is 5.92 Å². The smallest absolute Gasteiger partial charge is 0.139 e. The molecule has 1 fully saturated rings. The molecule has 0 heterocycles. The molecule has 0 spiro atoms. The molecule has 2 heteroatoms. The van der Waals surface area contributed by atoms with E-state index in [0.29, 0.717) is 12.4 Å². The van der Waals surface area contributed by atoms with E-state index < -0.39 is 0 Å². The predicted molar refractivity (Wildman–Crippen MR) is 52.3 cm³/mol. The summed E-state index contributed by atoms with van der Waals surface area (Å²) in [4.78, 5) is 11.5. The van der Waals surface area contributed by atoms with Crippen molar-refractivity contribution in [3.05, 3.63) is 12.3 Å². The average Bonchev–Trinajstić information content (AvgIpc) is 2.32. The molecular formula is C11H18O2. The van der Waals surface area contributed by atoms with Gasteiger partial charge in [0.25, 0.3) is 0 Å². The monoisotopic (exact) mass is 182 g/mol. The third kappa shape index (κ3) is 3.62. The second-order valence-electron chi connectivity index (χ2n) is 3.57. The molecule has 74 valence electrons. The van der Waals surface area contributed by atoms with E-state index in [4.69, 9.17) is 4.74 Å². The number of carbonyl (C=O) groups is 1. The molecule has 2 nitrogen and oxygen atoms in total. The van der Waals surface area contributed by atoms with Crippen LogP contribution in [0.1, 0.15) is 39.0 Å². The Morgan fingerprint density at radius 2 is 2.31 bits per heavy atom. The number of carbonyl (C=O) groups excluding carboxylic acids is 1. The highest BCUT2D eigenvalue weighted by atomic mass is 16.5. The van der Waals surface area contributed by atoms with Gasteiger partial charge in [-0.3, -0.25) is 4.79 Å². The summed E-state index contributed by atoms with van der Waals surface area (Å²) in [5.74, 6) is 0.542. The Labute approximate surface area is 80.0 Å². The Morgan fingerprint density at radius 3 is 3.08 bits per heavy atom. The van der Waals surface area contributed by atoms with Crippen LogP contribution >= 0.6 is 0 Å². The number of Topliss-reactive ketones (excluding diaryl/α,β-unsaturated/α-hetero) is 1. The van der Waals surface area contributed by atoms with Crippen LogP contribution in [0.4, 0.5) is 0 Å².